The van der Waals surface area contributed by atoms with Crippen LogP contribution >= 0.6 is 0 Å². The molecule has 130 valence electrons. The maximum Gasteiger partial charge on any atom is 0.280 e. The Morgan fingerprint density at radius 2 is 1.73 bits per heavy atom. The molecule has 0 unspecified atom stereocenters. The van der Waals surface area contributed by atoms with Gasteiger partial charge in [-0.3, -0.25) is 5.41 Å². The topological polar surface area (TPSA) is 145 Å². The zero-order valence-corrected chi connectivity index (χ0v) is 13.6. The molecule has 0 saturated heterocycles. The standard InChI is InChI=1S/C17H15N7O2/c18-17(23-21-13-9-5-1-3-7-11(9)19-15(13)25)24-22-14-10-6-2-4-8-12(10)20-16(14)26/h1-3,5-7,18-20,25-26H,4,8H2. The zero-order valence-electron chi connectivity index (χ0n) is 13.6. The van der Waals surface area contributed by atoms with Gasteiger partial charge in [0.2, 0.25) is 11.8 Å². The number of nitrogens with one attached hydrogen (secondary N) is 3. The summed E-state index contributed by atoms with van der Waals surface area (Å²) in [7, 11) is 0. The van der Waals surface area contributed by atoms with E-state index in [0.29, 0.717) is 10.9 Å². The smallest absolute Gasteiger partial charge is 0.280 e. The minimum Gasteiger partial charge on any atom is -0.493 e. The van der Waals surface area contributed by atoms with Gasteiger partial charge >= 0.3 is 0 Å². The lowest BCUT2D eigenvalue weighted by Gasteiger charge is -2.02. The summed E-state index contributed by atoms with van der Waals surface area (Å²) in [5.41, 5.74) is 2.85. The van der Waals surface area contributed by atoms with E-state index in [4.69, 9.17) is 5.41 Å². The van der Waals surface area contributed by atoms with E-state index in [1.165, 1.54) is 0 Å². The number of H-pyrrole nitrogens is 2. The molecule has 0 aliphatic heterocycles. The molecular weight excluding hydrogens is 334 g/mol. The molecule has 3 aromatic rings. The van der Waals surface area contributed by atoms with Crippen LogP contribution in [-0.4, -0.2) is 26.1 Å². The molecule has 2 aromatic heterocycles. The second kappa shape index (κ2) is 6.28. The number of hydrogen-bond donors (Lipinski definition) is 5. The van der Waals surface area contributed by atoms with E-state index in [1.807, 2.05) is 24.3 Å². The molecule has 2 heterocycles. The number of aromatic amines is 2. The number of aromatic nitrogens is 2. The van der Waals surface area contributed by atoms with E-state index >= 15 is 0 Å². The molecule has 4 rings (SSSR count). The fraction of sp³-hybridized carbons (Fsp3) is 0.118. The summed E-state index contributed by atoms with van der Waals surface area (Å²) in [6, 6.07) is 7.21. The number of para-hydroxylation sites is 1. The number of aromatic hydroxyl groups is 2. The van der Waals surface area contributed by atoms with Crippen LogP contribution < -0.4 is 0 Å². The molecule has 5 N–H and O–H groups in total. The van der Waals surface area contributed by atoms with Crippen LogP contribution in [-0.2, 0) is 6.42 Å². The third-order valence-electron chi connectivity index (χ3n) is 4.07. The number of aryl methyl sites for hydroxylation is 1. The van der Waals surface area contributed by atoms with Crippen molar-refractivity contribution in [2.75, 3.05) is 0 Å². The Bertz CT molecular complexity index is 1090. The van der Waals surface area contributed by atoms with Crippen molar-refractivity contribution in [2.45, 2.75) is 12.8 Å². The highest BCUT2D eigenvalue weighted by molar-refractivity contribution is 5.94. The van der Waals surface area contributed by atoms with Crippen molar-refractivity contribution in [3.63, 3.8) is 0 Å². The van der Waals surface area contributed by atoms with Gasteiger partial charge in [-0.2, -0.15) is 0 Å². The van der Waals surface area contributed by atoms with Gasteiger partial charge < -0.3 is 20.2 Å². The molecule has 1 aliphatic rings. The summed E-state index contributed by atoms with van der Waals surface area (Å²) in [4.78, 5) is 5.64. The van der Waals surface area contributed by atoms with Crippen molar-refractivity contribution in [1.82, 2.24) is 9.97 Å². The first kappa shape index (κ1) is 15.8. The Morgan fingerprint density at radius 3 is 2.58 bits per heavy atom. The van der Waals surface area contributed by atoms with Gasteiger partial charge in [-0.15, -0.1) is 20.5 Å². The van der Waals surface area contributed by atoms with Gasteiger partial charge in [0, 0.05) is 16.6 Å². The minimum atomic E-state index is -0.455. The van der Waals surface area contributed by atoms with Crippen LogP contribution in [0.3, 0.4) is 0 Å². The second-order valence-corrected chi connectivity index (χ2v) is 5.75. The number of hydrogen-bond acceptors (Lipinski definition) is 5. The summed E-state index contributed by atoms with van der Waals surface area (Å²) in [6.45, 7) is 0. The van der Waals surface area contributed by atoms with E-state index in [0.717, 1.165) is 24.1 Å². The molecule has 0 bridgehead atoms. The van der Waals surface area contributed by atoms with Crippen LogP contribution in [0.15, 0.2) is 50.8 Å². The van der Waals surface area contributed by atoms with Crippen LogP contribution in [0, 0.1) is 5.41 Å². The van der Waals surface area contributed by atoms with E-state index in [2.05, 4.69) is 30.4 Å². The first-order chi connectivity index (χ1) is 12.6. The quantitative estimate of drug-likeness (QED) is 0.260. The normalized spacial score (nSPS) is 13.8. The highest BCUT2D eigenvalue weighted by Gasteiger charge is 2.17. The minimum absolute atomic E-state index is 0.0932. The first-order valence-corrected chi connectivity index (χ1v) is 7.95. The molecule has 9 nitrogen and oxygen atoms in total. The molecule has 0 atom stereocenters. The van der Waals surface area contributed by atoms with Crippen LogP contribution in [0.2, 0.25) is 0 Å². The van der Waals surface area contributed by atoms with Crippen molar-refractivity contribution in [1.29, 1.82) is 5.41 Å². The molecule has 1 aromatic carbocycles. The lowest BCUT2D eigenvalue weighted by atomic mass is 10.0. The first-order valence-electron chi connectivity index (χ1n) is 7.95. The van der Waals surface area contributed by atoms with Gasteiger partial charge in [-0.05, 0) is 18.9 Å². The van der Waals surface area contributed by atoms with Crippen LogP contribution in [0.25, 0.3) is 17.0 Å². The molecule has 0 spiro atoms. The zero-order chi connectivity index (χ0) is 18.1. The molecule has 0 saturated carbocycles. The van der Waals surface area contributed by atoms with Gasteiger partial charge in [-0.1, -0.05) is 30.4 Å². The van der Waals surface area contributed by atoms with Crippen molar-refractivity contribution in [2.24, 2.45) is 20.5 Å². The molecule has 0 amide bonds. The Balaban J connectivity index is 1.57. The average Bonchev–Trinajstić information content (AvgIpc) is 3.13. The Hall–Kier alpha value is -3.75. The summed E-state index contributed by atoms with van der Waals surface area (Å²) in [5.74, 6) is -0.685. The number of guanidine groups is 1. The van der Waals surface area contributed by atoms with E-state index < -0.39 is 5.96 Å². The summed E-state index contributed by atoms with van der Waals surface area (Å²) < 4.78 is 0. The third kappa shape index (κ3) is 2.75. The predicted molar refractivity (Wildman–Crippen MR) is 96.5 cm³/mol. The maximum atomic E-state index is 9.95. The lowest BCUT2D eigenvalue weighted by molar-refractivity contribution is 0.456. The van der Waals surface area contributed by atoms with Crippen molar-refractivity contribution >= 4 is 34.3 Å². The lowest BCUT2D eigenvalue weighted by Crippen LogP contribution is -1.90. The van der Waals surface area contributed by atoms with Gasteiger partial charge in [-0.25, -0.2) is 0 Å². The Kier molecular flexibility index (Phi) is 3.81. The second-order valence-electron chi connectivity index (χ2n) is 5.75. The Labute approximate surface area is 147 Å². The number of benzene rings is 1. The number of allylic oxidation sites excluding steroid dienone is 1. The summed E-state index contributed by atoms with van der Waals surface area (Å²) in [6.07, 6.45) is 5.52. The van der Waals surface area contributed by atoms with Crippen molar-refractivity contribution in [3.8, 4) is 11.8 Å². The predicted octanol–water partition coefficient (Wildman–Crippen LogP) is 4.67. The van der Waals surface area contributed by atoms with Crippen LogP contribution in [0.5, 0.6) is 11.8 Å². The van der Waals surface area contributed by atoms with E-state index in [9.17, 15) is 10.2 Å². The van der Waals surface area contributed by atoms with E-state index in [1.54, 1.807) is 12.1 Å². The number of nitrogens with zero attached hydrogens (tertiary/aromatic N) is 4. The van der Waals surface area contributed by atoms with Crippen molar-refractivity contribution < 1.29 is 10.2 Å². The summed E-state index contributed by atoms with van der Waals surface area (Å²) >= 11 is 0. The van der Waals surface area contributed by atoms with Gasteiger partial charge in [0.05, 0.1) is 5.52 Å². The largest absolute Gasteiger partial charge is 0.493 e. The number of fused-ring (bicyclic) bond motifs is 2. The average molecular weight is 349 g/mol. The monoisotopic (exact) mass is 349 g/mol. The van der Waals surface area contributed by atoms with Crippen molar-refractivity contribution in [3.05, 3.63) is 41.6 Å². The fourth-order valence-corrected chi connectivity index (χ4v) is 2.88. The maximum absolute atomic E-state index is 9.95. The SMILES string of the molecule is N=C(N=Nc1c(O)[nH]c2c1C=CCC2)N=Nc1c(O)[nH]c2ccccc12. The molecule has 0 radical (unpaired) electrons. The number of rotatable bonds is 2. The molecule has 9 heteroatoms. The van der Waals surface area contributed by atoms with Gasteiger partial charge in [0.1, 0.15) is 0 Å². The third-order valence-corrected chi connectivity index (χ3v) is 4.07. The number of azo groups is 2. The molecule has 1 aliphatic carbocycles. The summed E-state index contributed by atoms with van der Waals surface area (Å²) in [5, 5.41) is 43.5. The molecule has 0 fully saturated rings. The van der Waals surface area contributed by atoms with Crippen LogP contribution in [0.1, 0.15) is 17.7 Å². The van der Waals surface area contributed by atoms with Crippen LogP contribution in [0.4, 0.5) is 11.4 Å². The highest BCUT2D eigenvalue weighted by Crippen LogP contribution is 2.37. The fourth-order valence-electron chi connectivity index (χ4n) is 2.88. The molecular formula is C17H15N7O2. The molecule has 26 heavy (non-hydrogen) atoms. The Morgan fingerprint density at radius 1 is 1.00 bits per heavy atom. The van der Waals surface area contributed by atoms with Gasteiger partial charge in [0.25, 0.3) is 5.96 Å². The van der Waals surface area contributed by atoms with E-state index in [-0.39, 0.29) is 23.1 Å². The van der Waals surface area contributed by atoms with Gasteiger partial charge in [0.15, 0.2) is 11.4 Å². The highest BCUT2D eigenvalue weighted by atomic mass is 16.3.